The molecule has 0 unspecified atom stereocenters. The van der Waals surface area contributed by atoms with Gasteiger partial charge in [-0.15, -0.1) is 0 Å². The summed E-state index contributed by atoms with van der Waals surface area (Å²) in [4.78, 5) is 21.5. The van der Waals surface area contributed by atoms with Crippen molar-refractivity contribution in [3.63, 3.8) is 0 Å². The Balaban J connectivity index is 0.000000251. The molecule has 0 saturated heterocycles. The van der Waals surface area contributed by atoms with Crippen molar-refractivity contribution < 1.29 is 19.4 Å². The van der Waals surface area contributed by atoms with E-state index in [0.717, 1.165) is 5.56 Å². The molecule has 0 heterocycles. The van der Waals surface area contributed by atoms with E-state index in [9.17, 15) is 9.59 Å². The highest BCUT2D eigenvalue weighted by atomic mass is 16.5. The van der Waals surface area contributed by atoms with Gasteiger partial charge in [0.1, 0.15) is 0 Å². The number of aromatic carboxylic acids is 1. The van der Waals surface area contributed by atoms with Crippen LogP contribution in [-0.4, -0.2) is 24.2 Å². The molecule has 0 aliphatic heterocycles. The number of ether oxygens (including phenoxy) is 1. The SMILES string of the molecule is COC(=O)c1ccc(C#N)c(C)c1.Cc1cc(C(=O)O)ccc1C#N. The third kappa shape index (κ3) is 5.19. The van der Waals surface area contributed by atoms with Crippen LogP contribution >= 0.6 is 0 Å². The molecule has 25 heavy (non-hydrogen) atoms. The largest absolute Gasteiger partial charge is 0.478 e. The molecule has 0 aliphatic rings. The Morgan fingerprint density at radius 2 is 1.36 bits per heavy atom. The van der Waals surface area contributed by atoms with Gasteiger partial charge in [-0.3, -0.25) is 0 Å². The lowest BCUT2D eigenvalue weighted by Crippen LogP contribution is -2.01. The van der Waals surface area contributed by atoms with E-state index in [-0.39, 0.29) is 11.5 Å². The zero-order valence-corrected chi connectivity index (χ0v) is 14.0. The van der Waals surface area contributed by atoms with Crippen LogP contribution in [0.3, 0.4) is 0 Å². The Morgan fingerprint density at radius 3 is 1.72 bits per heavy atom. The van der Waals surface area contributed by atoms with Crippen molar-refractivity contribution in [2.75, 3.05) is 7.11 Å². The second-order valence-corrected chi connectivity index (χ2v) is 5.08. The third-order valence-electron chi connectivity index (χ3n) is 3.36. The van der Waals surface area contributed by atoms with Crippen LogP contribution in [-0.2, 0) is 4.74 Å². The van der Waals surface area contributed by atoms with Gasteiger partial charge in [-0.25, -0.2) is 9.59 Å². The highest BCUT2D eigenvalue weighted by Crippen LogP contribution is 2.11. The second kappa shape index (κ2) is 8.85. The molecule has 0 bridgehead atoms. The molecule has 0 fully saturated rings. The molecule has 6 nitrogen and oxygen atoms in total. The molecule has 126 valence electrons. The number of benzene rings is 2. The lowest BCUT2D eigenvalue weighted by atomic mass is 10.1. The topological polar surface area (TPSA) is 111 Å². The van der Waals surface area contributed by atoms with E-state index in [1.54, 1.807) is 32.0 Å². The van der Waals surface area contributed by atoms with Gasteiger partial charge in [-0.2, -0.15) is 10.5 Å². The number of esters is 1. The van der Waals surface area contributed by atoms with Gasteiger partial charge < -0.3 is 9.84 Å². The highest BCUT2D eigenvalue weighted by molar-refractivity contribution is 5.89. The summed E-state index contributed by atoms with van der Waals surface area (Å²) >= 11 is 0. The van der Waals surface area contributed by atoms with E-state index in [1.165, 1.54) is 25.3 Å². The van der Waals surface area contributed by atoms with Crippen molar-refractivity contribution in [2.45, 2.75) is 13.8 Å². The van der Waals surface area contributed by atoms with Crippen LogP contribution in [0.25, 0.3) is 0 Å². The number of carboxylic acids is 1. The fourth-order valence-corrected chi connectivity index (χ4v) is 1.96. The van der Waals surface area contributed by atoms with E-state index in [4.69, 9.17) is 15.6 Å². The first-order chi connectivity index (χ1) is 11.8. The predicted octanol–water partition coefficient (Wildman–Crippen LogP) is 3.22. The van der Waals surface area contributed by atoms with Gasteiger partial charge in [0.2, 0.25) is 0 Å². The Hall–Kier alpha value is -3.64. The van der Waals surface area contributed by atoms with Crippen molar-refractivity contribution in [3.05, 3.63) is 69.8 Å². The quantitative estimate of drug-likeness (QED) is 0.843. The molecular formula is C19H16N2O4. The Bertz CT molecular complexity index is 889. The number of hydrogen-bond acceptors (Lipinski definition) is 5. The number of carbonyl (C=O) groups excluding carboxylic acids is 1. The van der Waals surface area contributed by atoms with E-state index >= 15 is 0 Å². The van der Waals surface area contributed by atoms with Crippen LogP contribution in [0.5, 0.6) is 0 Å². The van der Waals surface area contributed by atoms with E-state index in [0.29, 0.717) is 22.3 Å². The minimum atomic E-state index is -0.970. The fraction of sp³-hybridized carbons (Fsp3) is 0.158. The van der Waals surface area contributed by atoms with Gasteiger partial charge in [0.05, 0.1) is 41.5 Å². The number of carbonyl (C=O) groups is 2. The first kappa shape index (κ1) is 19.4. The summed E-state index contributed by atoms with van der Waals surface area (Å²) < 4.78 is 4.54. The monoisotopic (exact) mass is 336 g/mol. The summed E-state index contributed by atoms with van der Waals surface area (Å²) in [6.45, 7) is 3.50. The third-order valence-corrected chi connectivity index (χ3v) is 3.36. The zero-order valence-electron chi connectivity index (χ0n) is 14.0. The average molecular weight is 336 g/mol. The molecule has 2 aromatic carbocycles. The molecule has 0 amide bonds. The van der Waals surface area contributed by atoms with Crippen LogP contribution < -0.4 is 0 Å². The molecule has 1 N–H and O–H groups in total. The number of nitrogens with zero attached hydrogens (tertiary/aromatic N) is 2. The smallest absolute Gasteiger partial charge is 0.337 e. The minimum Gasteiger partial charge on any atom is -0.478 e. The molecule has 0 aliphatic carbocycles. The second-order valence-electron chi connectivity index (χ2n) is 5.08. The molecule has 0 spiro atoms. The normalized spacial score (nSPS) is 9.00. The summed E-state index contributed by atoms with van der Waals surface area (Å²) in [6.07, 6.45) is 0. The summed E-state index contributed by atoms with van der Waals surface area (Å²) in [5.74, 6) is -1.35. The number of carboxylic acid groups (broad SMARTS) is 1. The van der Waals surface area contributed by atoms with E-state index < -0.39 is 5.97 Å². The summed E-state index contributed by atoms with van der Waals surface area (Å²) in [6, 6.07) is 13.3. The van der Waals surface area contributed by atoms with Crippen LogP contribution in [0.2, 0.25) is 0 Å². The molecule has 2 aromatic rings. The van der Waals surface area contributed by atoms with Crippen LogP contribution in [0.4, 0.5) is 0 Å². The van der Waals surface area contributed by atoms with E-state index in [2.05, 4.69) is 4.74 Å². The number of aryl methyl sites for hydroxylation is 2. The van der Waals surface area contributed by atoms with Crippen molar-refractivity contribution in [3.8, 4) is 12.1 Å². The number of methoxy groups -OCH3 is 1. The molecular weight excluding hydrogens is 320 g/mol. The number of hydrogen-bond donors (Lipinski definition) is 1. The summed E-state index contributed by atoms with van der Waals surface area (Å²) in [7, 11) is 1.33. The average Bonchev–Trinajstić information content (AvgIpc) is 2.61. The Kier molecular flexibility index (Phi) is 6.87. The number of rotatable bonds is 2. The zero-order chi connectivity index (χ0) is 19.0. The lowest BCUT2D eigenvalue weighted by molar-refractivity contribution is 0.0599. The van der Waals surface area contributed by atoms with E-state index in [1.807, 2.05) is 12.1 Å². The van der Waals surface area contributed by atoms with Crippen molar-refractivity contribution >= 4 is 11.9 Å². The number of nitriles is 2. The maximum Gasteiger partial charge on any atom is 0.337 e. The Morgan fingerprint density at radius 1 is 0.920 bits per heavy atom. The van der Waals surface area contributed by atoms with Crippen LogP contribution in [0, 0.1) is 36.5 Å². The minimum absolute atomic E-state index is 0.214. The predicted molar refractivity (Wildman–Crippen MR) is 90.1 cm³/mol. The van der Waals surface area contributed by atoms with Gasteiger partial charge in [0.25, 0.3) is 0 Å². The lowest BCUT2D eigenvalue weighted by Gasteiger charge is -2.01. The highest BCUT2D eigenvalue weighted by Gasteiger charge is 2.06. The molecule has 0 radical (unpaired) electrons. The van der Waals surface area contributed by atoms with Crippen molar-refractivity contribution in [2.24, 2.45) is 0 Å². The molecule has 0 saturated carbocycles. The maximum atomic E-state index is 11.1. The standard InChI is InChI=1S/C10H9NO2.C9H7NO2/c1-7-5-8(10(12)13-2)3-4-9(7)6-11;1-6-4-7(9(11)12)2-3-8(6)5-10/h3-5H,1-2H3;2-4H,1H3,(H,11,12). The summed E-state index contributed by atoms with van der Waals surface area (Å²) in [5, 5.41) is 25.8. The molecule has 0 aromatic heterocycles. The molecule has 2 rings (SSSR count). The van der Waals surface area contributed by atoms with Crippen molar-refractivity contribution in [1.29, 1.82) is 10.5 Å². The van der Waals surface area contributed by atoms with Gasteiger partial charge in [-0.05, 0) is 61.4 Å². The molecule has 6 heteroatoms. The fourth-order valence-electron chi connectivity index (χ4n) is 1.96. The molecule has 0 atom stereocenters. The Labute approximate surface area is 145 Å². The van der Waals surface area contributed by atoms with Crippen LogP contribution in [0.15, 0.2) is 36.4 Å². The maximum absolute atomic E-state index is 11.1. The van der Waals surface area contributed by atoms with Gasteiger partial charge >= 0.3 is 11.9 Å². The van der Waals surface area contributed by atoms with Gasteiger partial charge in [0, 0.05) is 0 Å². The first-order valence-electron chi connectivity index (χ1n) is 7.17. The van der Waals surface area contributed by atoms with Gasteiger partial charge in [-0.1, -0.05) is 0 Å². The summed E-state index contributed by atoms with van der Waals surface area (Å²) in [5.41, 5.74) is 3.25. The first-order valence-corrected chi connectivity index (χ1v) is 7.17. The van der Waals surface area contributed by atoms with Crippen molar-refractivity contribution in [1.82, 2.24) is 0 Å². The van der Waals surface area contributed by atoms with Crippen LogP contribution in [0.1, 0.15) is 43.0 Å². The van der Waals surface area contributed by atoms with Gasteiger partial charge in [0.15, 0.2) is 0 Å².